The lowest BCUT2D eigenvalue weighted by Crippen LogP contribution is -1.86. The number of nitrogens with zero attached hydrogens (tertiary/aromatic N) is 2. The van der Waals surface area contributed by atoms with Crippen molar-refractivity contribution in [3.05, 3.63) is 154 Å². The van der Waals surface area contributed by atoms with E-state index in [0.717, 1.165) is 30.3 Å². The number of benzene rings is 3. The average Bonchev–Trinajstić information content (AvgIpc) is 1.66. The first-order chi connectivity index (χ1) is 45.7. The van der Waals surface area contributed by atoms with Gasteiger partial charge >= 0.3 is 0 Å². The van der Waals surface area contributed by atoms with Crippen molar-refractivity contribution < 1.29 is 0 Å². The Hall–Kier alpha value is -4.66. The molecule has 0 saturated heterocycles. The Labute approximate surface area is 592 Å². The van der Waals surface area contributed by atoms with E-state index in [1.165, 1.54) is 300 Å². The number of hydrogen-bond donors (Lipinski definition) is 0. The van der Waals surface area contributed by atoms with E-state index in [0.29, 0.717) is 0 Å². The van der Waals surface area contributed by atoms with E-state index in [-0.39, 0.29) is 0 Å². The predicted molar refractivity (Wildman–Crippen MR) is 425 cm³/mol. The van der Waals surface area contributed by atoms with Gasteiger partial charge in [-0.1, -0.05) is 204 Å². The lowest BCUT2D eigenvalue weighted by Gasteiger charge is -2.04. The smallest absolute Gasteiger partial charge is 0.114 e. The molecule has 93 heavy (non-hydrogen) atoms. The Balaban J connectivity index is 0.816. The SMILES string of the molecule is CCCCCCCCc1cc(C)sc1-c1ccc(-c2ccc(-c3sc(-c4ccc(-c5cc(CCCCCCCC)c(-c6ccc(-c7ccc(-c8sc(-c9ccc%10cc(C)ccc%10c9)cc8CCCCCCCC)s7)s6)s5)c5nsnc45)cc3CCCCCCCC)s2)s1. The Morgan fingerprint density at radius 1 is 0.269 bits per heavy atom. The molecule has 3 aromatic carbocycles. The largest absolute Gasteiger partial charge is 0.172 e. The van der Waals surface area contributed by atoms with Crippen LogP contribution in [-0.2, 0) is 25.7 Å². The maximum absolute atomic E-state index is 5.16. The minimum absolute atomic E-state index is 1.04. The van der Waals surface area contributed by atoms with E-state index in [2.05, 4.69) is 163 Å². The summed E-state index contributed by atoms with van der Waals surface area (Å²) >= 11 is 17.2. The quantitative estimate of drug-likeness (QED) is 0.0363. The molecule has 0 fully saturated rings. The van der Waals surface area contributed by atoms with E-state index in [9.17, 15) is 0 Å². The molecule has 9 heterocycles. The van der Waals surface area contributed by atoms with Crippen molar-refractivity contribution in [1.29, 1.82) is 0 Å². The zero-order chi connectivity index (χ0) is 63.9. The second-order valence-corrected chi connectivity index (χ2v) is 35.3. The standard InChI is InChI=1S/C82H94N2S9/c1-7-11-15-19-23-27-31-60-50-56(6)85-79(60)70-45-41-66(86-70)67-43-47-72(88-67)81-62(33-29-25-21-17-13-9-3)53-75(91-81)64-39-40-65(78-77(64)83-93-84-78)76-54-63(34-30-26-22-18-14-10-4)82(92-76)73-48-44-69(89-73)68-42-46-71(87-68)80-61(32-28-24-20-16-12-8-2)52-74(90-80)59-38-37-57-49-55(5)35-36-58(57)51-59/h35-54H,7-34H2,1-6H3. The molecule has 0 unspecified atom stereocenters. The van der Waals surface area contributed by atoms with Crippen molar-refractivity contribution >= 4 is 124 Å². The van der Waals surface area contributed by atoms with Crippen molar-refractivity contribution in [1.82, 2.24) is 8.75 Å². The number of thiophene rings is 8. The van der Waals surface area contributed by atoms with Gasteiger partial charge in [-0.05, 0) is 183 Å². The maximum atomic E-state index is 5.16. The van der Waals surface area contributed by atoms with Crippen LogP contribution in [0.15, 0.2) is 121 Å². The van der Waals surface area contributed by atoms with Crippen molar-refractivity contribution in [3.8, 4) is 89.8 Å². The summed E-state index contributed by atoms with van der Waals surface area (Å²) in [6.45, 7) is 13.7. The molecule has 0 spiro atoms. The summed E-state index contributed by atoms with van der Waals surface area (Å²) in [5, 5.41) is 2.63. The van der Waals surface area contributed by atoms with Gasteiger partial charge in [0.1, 0.15) is 11.0 Å². The Morgan fingerprint density at radius 2 is 0.602 bits per heavy atom. The number of aryl methyl sites for hydroxylation is 6. The van der Waals surface area contributed by atoms with Crippen LogP contribution in [0.4, 0.5) is 0 Å². The summed E-state index contributed by atoms with van der Waals surface area (Å²) in [5.74, 6) is 0. The minimum Gasteiger partial charge on any atom is -0.172 e. The second-order valence-electron chi connectivity index (χ2n) is 26.0. The third-order valence-electron chi connectivity index (χ3n) is 18.6. The molecule has 0 radical (unpaired) electrons. The first-order valence-electron chi connectivity index (χ1n) is 35.4. The van der Waals surface area contributed by atoms with Crippen LogP contribution >= 0.6 is 102 Å². The van der Waals surface area contributed by atoms with E-state index in [4.69, 9.17) is 8.75 Å². The molecule has 0 amide bonds. The van der Waals surface area contributed by atoms with Crippen LogP contribution < -0.4 is 0 Å². The molecular formula is C82H94N2S9. The maximum Gasteiger partial charge on any atom is 0.114 e. The van der Waals surface area contributed by atoms with E-state index >= 15 is 0 Å². The molecule has 0 N–H and O–H groups in total. The topological polar surface area (TPSA) is 25.8 Å². The van der Waals surface area contributed by atoms with Gasteiger partial charge in [0.2, 0.25) is 0 Å². The predicted octanol–water partition coefficient (Wildman–Crippen LogP) is 30.6. The van der Waals surface area contributed by atoms with E-state index < -0.39 is 0 Å². The summed E-state index contributed by atoms with van der Waals surface area (Å²) < 4.78 is 10.3. The number of unbranched alkanes of at least 4 members (excludes halogenated alkanes) is 20. The monoisotopic (exact) mass is 1390 g/mol. The van der Waals surface area contributed by atoms with Crippen LogP contribution in [0.3, 0.4) is 0 Å². The summed E-state index contributed by atoms with van der Waals surface area (Å²) in [6.07, 6.45) is 35.9. The minimum atomic E-state index is 1.04. The van der Waals surface area contributed by atoms with Crippen molar-refractivity contribution in [2.45, 2.75) is 221 Å². The normalized spacial score (nSPS) is 11.9. The molecule has 0 aliphatic heterocycles. The van der Waals surface area contributed by atoms with Crippen molar-refractivity contribution in [3.63, 3.8) is 0 Å². The molecule has 12 rings (SSSR count). The van der Waals surface area contributed by atoms with Gasteiger partial charge in [-0.15, -0.1) is 90.7 Å². The van der Waals surface area contributed by atoms with Gasteiger partial charge in [-0.3, -0.25) is 0 Å². The highest BCUT2D eigenvalue weighted by Gasteiger charge is 2.24. The molecule has 12 aromatic rings. The Morgan fingerprint density at radius 3 is 1.02 bits per heavy atom. The van der Waals surface area contributed by atoms with E-state index in [1.807, 2.05) is 90.7 Å². The molecule has 486 valence electrons. The summed E-state index contributed by atoms with van der Waals surface area (Å²) in [4.78, 5) is 22.3. The first kappa shape index (κ1) is 68.3. The summed E-state index contributed by atoms with van der Waals surface area (Å²) in [7, 11) is 0. The lowest BCUT2D eigenvalue weighted by molar-refractivity contribution is 0.608. The fourth-order valence-electron chi connectivity index (χ4n) is 13.4. The van der Waals surface area contributed by atoms with Crippen LogP contribution in [0.5, 0.6) is 0 Å². The first-order valence-corrected chi connectivity index (χ1v) is 42.7. The Kier molecular flexibility index (Phi) is 25.0. The molecule has 0 aliphatic rings. The summed E-state index contributed by atoms with van der Waals surface area (Å²) in [6, 6.07) is 47.9. The fourth-order valence-corrected chi connectivity index (χ4v) is 23.5. The fraction of sp³-hybridized carbons (Fsp3) is 0.415. The zero-order valence-electron chi connectivity index (χ0n) is 55.9. The molecule has 0 aliphatic carbocycles. The van der Waals surface area contributed by atoms with Crippen molar-refractivity contribution in [2.24, 2.45) is 0 Å². The zero-order valence-corrected chi connectivity index (χ0v) is 63.3. The van der Waals surface area contributed by atoms with Crippen LogP contribution in [0.25, 0.3) is 112 Å². The highest BCUT2D eigenvalue weighted by Crippen LogP contribution is 2.51. The van der Waals surface area contributed by atoms with Crippen molar-refractivity contribution in [2.75, 3.05) is 0 Å². The molecule has 2 nitrogen and oxygen atoms in total. The Bertz CT molecular complexity index is 4300. The number of hydrogen-bond acceptors (Lipinski definition) is 11. The van der Waals surface area contributed by atoms with Gasteiger partial charge in [0.25, 0.3) is 0 Å². The van der Waals surface area contributed by atoms with E-state index in [1.54, 1.807) is 5.56 Å². The van der Waals surface area contributed by atoms with Crippen LogP contribution in [0.2, 0.25) is 0 Å². The molecule has 0 saturated carbocycles. The van der Waals surface area contributed by atoms with Crippen LogP contribution in [-0.4, -0.2) is 8.75 Å². The molecule has 11 heteroatoms. The van der Waals surface area contributed by atoms with Gasteiger partial charge in [0.15, 0.2) is 0 Å². The highest BCUT2D eigenvalue weighted by atomic mass is 32.1. The third-order valence-corrected chi connectivity index (χ3v) is 29.3. The van der Waals surface area contributed by atoms with Crippen LogP contribution in [0, 0.1) is 13.8 Å². The summed E-state index contributed by atoms with van der Waals surface area (Å²) in [5.41, 5.74) is 13.2. The van der Waals surface area contributed by atoms with Gasteiger partial charge in [0, 0.05) is 89.2 Å². The molecule has 0 atom stereocenters. The third kappa shape index (κ3) is 17.2. The number of fused-ring (bicyclic) bond motifs is 2. The van der Waals surface area contributed by atoms with Gasteiger partial charge in [-0.25, -0.2) is 0 Å². The number of rotatable bonds is 37. The average molecular weight is 1400 g/mol. The second kappa shape index (κ2) is 34.0. The van der Waals surface area contributed by atoms with Crippen LogP contribution in [0.1, 0.15) is 214 Å². The number of aromatic nitrogens is 2. The molecule has 9 aromatic heterocycles. The highest BCUT2D eigenvalue weighted by molar-refractivity contribution is 7.30. The molecular weight excluding hydrogens is 1300 g/mol. The van der Waals surface area contributed by atoms with Gasteiger partial charge in [0.05, 0.1) is 11.7 Å². The lowest BCUT2D eigenvalue weighted by atomic mass is 10.0. The van der Waals surface area contributed by atoms with Gasteiger partial charge in [-0.2, -0.15) is 8.75 Å². The molecule has 0 bridgehead atoms. The van der Waals surface area contributed by atoms with Gasteiger partial charge < -0.3 is 0 Å².